The smallest absolute Gasteiger partial charge is 0.282 e. The van der Waals surface area contributed by atoms with Gasteiger partial charge in [-0.25, -0.2) is 5.01 Å². The van der Waals surface area contributed by atoms with Gasteiger partial charge in [-0.05, 0) is 35.9 Å². The molecule has 0 unspecified atom stereocenters. The Labute approximate surface area is 150 Å². The molecule has 0 atom stereocenters. The second-order valence-electron chi connectivity index (χ2n) is 5.26. The van der Waals surface area contributed by atoms with Crippen LogP contribution in [0.5, 0.6) is 5.75 Å². The normalized spacial score (nSPS) is 15.4. The molecule has 1 N–H and O–H groups in total. The van der Waals surface area contributed by atoms with Crippen LogP contribution in [0.4, 0.5) is 5.69 Å². The van der Waals surface area contributed by atoms with Gasteiger partial charge in [0.1, 0.15) is 17.9 Å². The molecule has 0 aromatic heterocycles. The number of ether oxygens (including phenoxy) is 1. The highest BCUT2D eigenvalue weighted by Gasteiger charge is 2.34. The summed E-state index contributed by atoms with van der Waals surface area (Å²) < 4.78 is 5.40. The van der Waals surface area contributed by atoms with Crippen LogP contribution in [0.3, 0.4) is 0 Å². The standard InChI is InChI=1S/C19H15ClN2O3/c1-2-10-25-17-9-8-13(12-16(17)20)11-15-18(23)21-22(19(15)24)14-6-4-3-5-7-14/h2-9,11-12H,1,10H2,(H,21,23)/b15-11-. The molecule has 2 aromatic carbocycles. The summed E-state index contributed by atoms with van der Waals surface area (Å²) in [7, 11) is 0. The van der Waals surface area contributed by atoms with Gasteiger partial charge in [0.25, 0.3) is 11.8 Å². The van der Waals surface area contributed by atoms with Crippen molar-refractivity contribution >= 4 is 35.2 Å². The molecule has 0 spiro atoms. The first kappa shape index (κ1) is 16.8. The van der Waals surface area contributed by atoms with Crippen LogP contribution in [-0.2, 0) is 9.59 Å². The Morgan fingerprint density at radius 2 is 1.92 bits per heavy atom. The molecule has 5 nitrogen and oxygen atoms in total. The largest absolute Gasteiger partial charge is 0.488 e. The fourth-order valence-corrected chi connectivity index (χ4v) is 2.60. The lowest BCUT2D eigenvalue weighted by Crippen LogP contribution is -2.35. The molecule has 1 heterocycles. The third-order valence-corrected chi connectivity index (χ3v) is 3.82. The molecule has 1 aliphatic heterocycles. The molecular weight excluding hydrogens is 340 g/mol. The Hall–Kier alpha value is -3.05. The summed E-state index contributed by atoms with van der Waals surface area (Å²) in [6.07, 6.45) is 3.12. The van der Waals surface area contributed by atoms with Crippen LogP contribution < -0.4 is 15.2 Å². The van der Waals surface area contributed by atoms with Crippen LogP contribution in [0.2, 0.25) is 5.02 Å². The molecule has 2 aromatic rings. The van der Waals surface area contributed by atoms with E-state index in [2.05, 4.69) is 12.0 Å². The summed E-state index contributed by atoms with van der Waals surface area (Å²) >= 11 is 6.16. The molecule has 0 radical (unpaired) electrons. The fraction of sp³-hybridized carbons (Fsp3) is 0.0526. The van der Waals surface area contributed by atoms with Crippen LogP contribution in [0, 0.1) is 0 Å². The van der Waals surface area contributed by atoms with Crippen LogP contribution in [-0.4, -0.2) is 18.4 Å². The number of benzene rings is 2. The van der Waals surface area contributed by atoms with Crippen molar-refractivity contribution in [1.82, 2.24) is 5.43 Å². The first-order valence-corrected chi connectivity index (χ1v) is 7.93. The summed E-state index contributed by atoms with van der Waals surface area (Å²) in [5.41, 5.74) is 3.82. The van der Waals surface area contributed by atoms with Gasteiger partial charge in [0.05, 0.1) is 10.7 Å². The lowest BCUT2D eigenvalue weighted by atomic mass is 10.1. The zero-order valence-corrected chi connectivity index (χ0v) is 14.0. The van der Waals surface area contributed by atoms with Gasteiger partial charge >= 0.3 is 0 Å². The number of nitrogens with one attached hydrogen (secondary N) is 1. The number of amides is 2. The van der Waals surface area contributed by atoms with Gasteiger partial charge in [-0.15, -0.1) is 0 Å². The highest BCUT2D eigenvalue weighted by atomic mass is 35.5. The van der Waals surface area contributed by atoms with Gasteiger partial charge in [-0.3, -0.25) is 15.0 Å². The molecule has 126 valence electrons. The number of hydrazine groups is 1. The molecule has 1 fully saturated rings. The maximum Gasteiger partial charge on any atom is 0.282 e. The molecular formula is C19H15ClN2O3. The molecule has 25 heavy (non-hydrogen) atoms. The summed E-state index contributed by atoms with van der Waals surface area (Å²) in [6, 6.07) is 13.9. The van der Waals surface area contributed by atoms with E-state index in [1.807, 2.05) is 6.07 Å². The summed E-state index contributed by atoms with van der Waals surface area (Å²) in [6.45, 7) is 3.92. The molecule has 0 bridgehead atoms. The molecule has 2 amide bonds. The van der Waals surface area contributed by atoms with E-state index in [-0.39, 0.29) is 5.57 Å². The Morgan fingerprint density at radius 3 is 2.60 bits per heavy atom. The quantitative estimate of drug-likeness (QED) is 0.509. The van der Waals surface area contributed by atoms with E-state index in [1.165, 1.54) is 11.1 Å². The Kier molecular flexibility index (Phi) is 4.86. The number of para-hydroxylation sites is 1. The average Bonchev–Trinajstić information content (AvgIpc) is 2.90. The lowest BCUT2D eigenvalue weighted by Gasteiger charge is -2.13. The summed E-state index contributed by atoms with van der Waals surface area (Å²) in [4.78, 5) is 24.7. The van der Waals surface area contributed by atoms with Gasteiger partial charge in [-0.2, -0.15) is 0 Å². The van der Waals surface area contributed by atoms with Crippen molar-refractivity contribution < 1.29 is 14.3 Å². The number of halogens is 1. The van der Waals surface area contributed by atoms with E-state index in [9.17, 15) is 9.59 Å². The first-order valence-electron chi connectivity index (χ1n) is 7.55. The van der Waals surface area contributed by atoms with Crippen molar-refractivity contribution in [3.63, 3.8) is 0 Å². The van der Waals surface area contributed by atoms with Gasteiger partial charge < -0.3 is 4.74 Å². The van der Waals surface area contributed by atoms with Crippen LogP contribution in [0.25, 0.3) is 6.08 Å². The number of anilines is 1. The number of hydrogen-bond donors (Lipinski definition) is 1. The maximum atomic E-state index is 12.5. The second kappa shape index (κ2) is 7.23. The monoisotopic (exact) mass is 354 g/mol. The minimum absolute atomic E-state index is 0.0414. The third kappa shape index (κ3) is 3.56. The van der Waals surface area contributed by atoms with Gasteiger partial charge in [0, 0.05) is 0 Å². The molecule has 6 heteroatoms. The van der Waals surface area contributed by atoms with Crippen molar-refractivity contribution in [3.05, 3.63) is 77.3 Å². The Morgan fingerprint density at radius 1 is 1.16 bits per heavy atom. The molecule has 0 saturated carbocycles. The zero-order chi connectivity index (χ0) is 17.8. The number of hydrogen-bond acceptors (Lipinski definition) is 3. The Balaban J connectivity index is 1.86. The zero-order valence-electron chi connectivity index (χ0n) is 13.2. The van der Waals surface area contributed by atoms with E-state index in [1.54, 1.807) is 48.5 Å². The minimum atomic E-state index is -0.461. The topological polar surface area (TPSA) is 58.6 Å². The van der Waals surface area contributed by atoms with Crippen LogP contribution >= 0.6 is 11.6 Å². The predicted octanol–water partition coefficient (Wildman–Crippen LogP) is 3.37. The number of carbonyl (C=O) groups is 2. The first-order chi connectivity index (χ1) is 12.1. The molecule has 3 rings (SSSR count). The van der Waals surface area contributed by atoms with Gasteiger partial charge in [0.2, 0.25) is 0 Å². The highest BCUT2D eigenvalue weighted by Crippen LogP contribution is 2.27. The fourth-order valence-electron chi connectivity index (χ4n) is 2.36. The maximum absolute atomic E-state index is 12.5. The SMILES string of the molecule is C=CCOc1ccc(/C=C2/C(=O)NN(c3ccccc3)C2=O)cc1Cl. The summed E-state index contributed by atoms with van der Waals surface area (Å²) in [5.74, 6) is -0.368. The van der Waals surface area contributed by atoms with Crippen molar-refractivity contribution in [2.45, 2.75) is 0 Å². The third-order valence-electron chi connectivity index (χ3n) is 3.53. The van der Waals surface area contributed by atoms with Crippen LogP contribution in [0.15, 0.2) is 66.8 Å². The van der Waals surface area contributed by atoms with Crippen molar-refractivity contribution in [3.8, 4) is 5.75 Å². The Bertz CT molecular complexity index is 862. The second-order valence-corrected chi connectivity index (χ2v) is 5.67. The van der Waals surface area contributed by atoms with Crippen molar-refractivity contribution in [1.29, 1.82) is 0 Å². The highest BCUT2D eigenvalue weighted by molar-refractivity contribution is 6.33. The molecule has 1 aliphatic rings. The van der Waals surface area contributed by atoms with E-state index in [4.69, 9.17) is 16.3 Å². The van der Waals surface area contributed by atoms with Crippen molar-refractivity contribution in [2.24, 2.45) is 0 Å². The van der Waals surface area contributed by atoms with Gasteiger partial charge in [0.15, 0.2) is 0 Å². The van der Waals surface area contributed by atoms with E-state index in [0.717, 1.165) is 0 Å². The van der Waals surface area contributed by atoms with Crippen molar-refractivity contribution in [2.75, 3.05) is 11.6 Å². The predicted molar refractivity (Wildman–Crippen MR) is 97.2 cm³/mol. The summed E-state index contributed by atoms with van der Waals surface area (Å²) in [5, 5.41) is 1.61. The average molecular weight is 355 g/mol. The van der Waals surface area contributed by atoms with E-state index < -0.39 is 11.8 Å². The molecule has 0 aliphatic carbocycles. The number of carbonyl (C=O) groups excluding carboxylic acids is 2. The molecule has 1 saturated heterocycles. The number of rotatable bonds is 5. The minimum Gasteiger partial charge on any atom is -0.488 e. The lowest BCUT2D eigenvalue weighted by molar-refractivity contribution is -0.117. The van der Waals surface area contributed by atoms with Crippen LogP contribution in [0.1, 0.15) is 5.56 Å². The number of nitrogens with zero attached hydrogens (tertiary/aromatic N) is 1. The van der Waals surface area contributed by atoms with E-state index >= 15 is 0 Å². The van der Waals surface area contributed by atoms with Gasteiger partial charge in [-0.1, -0.05) is 48.5 Å². The van der Waals surface area contributed by atoms with E-state index in [0.29, 0.717) is 28.6 Å².